The molecule has 3 N–H and O–H groups in total. The Kier molecular flexibility index (Phi) is 6.39. The van der Waals surface area contributed by atoms with Crippen LogP contribution in [0.25, 0.3) is 0 Å². The lowest BCUT2D eigenvalue weighted by Crippen LogP contribution is -2.38. The number of carbonyl (C=O) groups excluding carboxylic acids is 2. The average Bonchev–Trinajstić information content (AvgIpc) is 2.83. The van der Waals surface area contributed by atoms with E-state index in [-0.39, 0.29) is 23.2 Å². The minimum Gasteiger partial charge on any atom is -0.502 e. The smallest absolute Gasteiger partial charge is 0.310 e. The summed E-state index contributed by atoms with van der Waals surface area (Å²) in [4.78, 5) is 38.6. The third kappa shape index (κ3) is 4.96. The molecule has 0 radical (unpaired) electrons. The summed E-state index contributed by atoms with van der Waals surface area (Å²) >= 11 is 0. The van der Waals surface area contributed by atoms with Crippen LogP contribution in [0.3, 0.4) is 0 Å². The van der Waals surface area contributed by atoms with Crippen LogP contribution in [-0.2, 0) is 12.8 Å². The highest BCUT2D eigenvalue weighted by Gasteiger charge is 2.23. The highest BCUT2D eigenvalue weighted by atomic mass is 16.6. The van der Waals surface area contributed by atoms with Gasteiger partial charge in [0.15, 0.2) is 5.75 Å². The minimum atomic E-state index is -0.708. The first-order valence-corrected chi connectivity index (χ1v) is 10.6. The zero-order valence-electron chi connectivity index (χ0n) is 18.3. The van der Waals surface area contributed by atoms with Crippen LogP contribution in [-0.4, -0.2) is 39.9 Å². The van der Waals surface area contributed by atoms with Gasteiger partial charge in [0, 0.05) is 37.0 Å². The van der Waals surface area contributed by atoms with Crippen molar-refractivity contribution >= 4 is 17.5 Å². The molecule has 1 aliphatic carbocycles. The summed E-state index contributed by atoms with van der Waals surface area (Å²) < 4.78 is 5.92. The number of aryl methyl sites for hydroxylation is 1. The van der Waals surface area contributed by atoms with E-state index in [0.717, 1.165) is 36.1 Å². The lowest BCUT2D eigenvalue weighted by atomic mass is 9.88. The maximum atomic E-state index is 12.6. The largest absolute Gasteiger partial charge is 0.502 e. The lowest BCUT2D eigenvalue weighted by Gasteiger charge is -2.26. The van der Waals surface area contributed by atoms with E-state index in [1.165, 1.54) is 19.3 Å². The zero-order valence-corrected chi connectivity index (χ0v) is 18.3. The Morgan fingerprint density at radius 2 is 1.88 bits per heavy atom. The second-order valence-corrected chi connectivity index (χ2v) is 7.86. The summed E-state index contributed by atoms with van der Waals surface area (Å²) in [6.45, 7) is 0. The lowest BCUT2D eigenvalue weighted by molar-refractivity contribution is -0.385. The molecule has 1 unspecified atom stereocenters. The second kappa shape index (κ2) is 9.57. The fourth-order valence-electron chi connectivity index (χ4n) is 3.87. The SMILES string of the molecule is CNC(=O)c1cc(Oc2ccc3c(c2)CC(NC(=O)c2ccc([N+](=O)[O-])c(O)c2)CC3)ccn1. The number of pyridine rings is 1. The molecule has 34 heavy (non-hydrogen) atoms. The standard InChI is InChI=1S/C24H22N4O6/c1-25-24(31)20-13-19(8-9-26-20)34-18-6-3-14-2-5-17(10-16(14)11-18)27-23(30)15-4-7-21(28(32)33)22(29)12-15/h3-4,6-9,11-13,17,29H,2,5,10H2,1H3,(H,25,31)(H,27,30). The third-order valence-corrected chi connectivity index (χ3v) is 5.60. The van der Waals surface area contributed by atoms with E-state index in [1.54, 1.807) is 12.1 Å². The number of amides is 2. The number of rotatable bonds is 6. The molecule has 0 fully saturated rings. The average molecular weight is 462 g/mol. The molecule has 2 aromatic carbocycles. The van der Waals surface area contributed by atoms with Gasteiger partial charge in [0.2, 0.25) is 0 Å². The van der Waals surface area contributed by atoms with Gasteiger partial charge < -0.3 is 20.5 Å². The van der Waals surface area contributed by atoms with Gasteiger partial charge in [0.05, 0.1) is 4.92 Å². The fraction of sp³-hybridized carbons (Fsp3) is 0.208. The quantitative estimate of drug-likeness (QED) is 0.377. The molecular formula is C24H22N4O6. The number of fused-ring (bicyclic) bond motifs is 1. The minimum absolute atomic E-state index is 0.145. The van der Waals surface area contributed by atoms with Crippen molar-refractivity contribution in [2.24, 2.45) is 0 Å². The number of aromatic nitrogens is 1. The molecule has 0 saturated carbocycles. The number of nitrogens with one attached hydrogen (secondary N) is 2. The van der Waals surface area contributed by atoms with Crippen LogP contribution in [0.4, 0.5) is 5.69 Å². The molecular weight excluding hydrogens is 440 g/mol. The Bertz CT molecular complexity index is 1280. The van der Waals surface area contributed by atoms with Crippen molar-refractivity contribution in [1.29, 1.82) is 0 Å². The molecule has 4 rings (SSSR count). The molecule has 0 bridgehead atoms. The molecule has 10 heteroatoms. The summed E-state index contributed by atoms with van der Waals surface area (Å²) in [6, 6.07) is 12.3. The Morgan fingerprint density at radius 1 is 1.09 bits per heavy atom. The number of benzene rings is 2. The van der Waals surface area contributed by atoms with E-state index in [0.29, 0.717) is 17.9 Å². The van der Waals surface area contributed by atoms with Gasteiger partial charge >= 0.3 is 5.69 Å². The first-order chi connectivity index (χ1) is 16.3. The number of nitro benzene ring substituents is 1. The van der Waals surface area contributed by atoms with Crippen molar-refractivity contribution in [2.45, 2.75) is 25.3 Å². The summed E-state index contributed by atoms with van der Waals surface area (Å²) in [5.74, 6) is -0.197. The highest BCUT2D eigenvalue weighted by molar-refractivity contribution is 5.95. The fourth-order valence-corrected chi connectivity index (χ4v) is 3.87. The van der Waals surface area contributed by atoms with Gasteiger partial charge in [-0.05, 0) is 60.7 Å². The first kappa shape index (κ1) is 22.7. The molecule has 1 aliphatic rings. The number of aromatic hydroxyl groups is 1. The summed E-state index contributed by atoms with van der Waals surface area (Å²) in [7, 11) is 1.53. The molecule has 2 amide bonds. The number of ether oxygens (including phenoxy) is 1. The third-order valence-electron chi connectivity index (χ3n) is 5.60. The second-order valence-electron chi connectivity index (χ2n) is 7.86. The van der Waals surface area contributed by atoms with Crippen molar-refractivity contribution in [3.8, 4) is 17.2 Å². The monoisotopic (exact) mass is 462 g/mol. The first-order valence-electron chi connectivity index (χ1n) is 10.6. The molecule has 0 spiro atoms. The van der Waals surface area contributed by atoms with Crippen LogP contribution < -0.4 is 15.4 Å². The Hall–Kier alpha value is -4.47. The van der Waals surface area contributed by atoms with E-state index < -0.39 is 22.3 Å². The van der Waals surface area contributed by atoms with Gasteiger partial charge in [0.25, 0.3) is 11.8 Å². The van der Waals surface area contributed by atoms with Crippen LogP contribution in [0, 0.1) is 10.1 Å². The maximum Gasteiger partial charge on any atom is 0.310 e. The molecule has 10 nitrogen and oxygen atoms in total. The summed E-state index contributed by atoms with van der Waals surface area (Å²) in [5.41, 5.74) is 2.13. The molecule has 174 valence electrons. The predicted molar refractivity (Wildman–Crippen MR) is 122 cm³/mol. The van der Waals surface area contributed by atoms with E-state index >= 15 is 0 Å². The number of phenols is 1. The van der Waals surface area contributed by atoms with Gasteiger partial charge in [-0.1, -0.05) is 6.07 Å². The van der Waals surface area contributed by atoms with Crippen molar-refractivity contribution in [1.82, 2.24) is 15.6 Å². The number of hydrogen-bond donors (Lipinski definition) is 3. The molecule has 1 atom stereocenters. The van der Waals surface area contributed by atoms with E-state index in [2.05, 4.69) is 15.6 Å². The Morgan fingerprint density at radius 3 is 2.62 bits per heavy atom. The Labute approximate surface area is 194 Å². The Balaban J connectivity index is 1.45. The highest BCUT2D eigenvalue weighted by Crippen LogP contribution is 2.30. The zero-order chi connectivity index (χ0) is 24.2. The van der Waals surface area contributed by atoms with Gasteiger partial charge in [-0.2, -0.15) is 0 Å². The van der Waals surface area contributed by atoms with E-state index in [4.69, 9.17) is 4.74 Å². The van der Waals surface area contributed by atoms with Gasteiger partial charge in [-0.3, -0.25) is 24.7 Å². The van der Waals surface area contributed by atoms with Crippen LogP contribution in [0.15, 0.2) is 54.7 Å². The molecule has 1 aromatic heterocycles. The summed E-state index contributed by atoms with van der Waals surface area (Å²) in [6.07, 6.45) is 3.58. The van der Waals surface area contributed by atoms with E-state index in [9.17, 15) is 24.8 Å². The number of carbonyl (C=O) groups is 2. The van der Waals surface area contributed by atoms with Crippen LogP contribution in [0.5, 0.6) is 17.2 Å². The number of phenolic OH excluding ortho intramolecular Hbond substituents is 1. The summed E-state index contributed by atoms with van der Waals surface area (Å²) in [5, 5.41) is 26.1. The van der Waals surface area contributed by atoms with Crippen molar-refractivity contribution in [2.75, 3.05) is 7.05 Å². The van der Waals surface area contributed by atoms with Crippen molar-refractivity contribution < 1.29 is 24.4 Å². The van der Waals surface area contributed by atoms with Gasteiger partial charge in [-0.25, -0.2) is 0 Å². The van der Waals surface area contributed by atoms with Crippen molar-refractivity contribution in [3.63, 3.8) is 0 Å². The van der Waals surface area contributed by atoms with Crippen LogP contribution in [0.1, 0.15) is 38.4 Å². The van der Waals surface area contributed by atoms with Gasteiger partial charge in [0.1, 0.15) is 17.2 Å². The topological polar surface area (TPSA) is 144 Å². The van der Waals surface area contributed by atoms with Crippen LogP contribution in [0.2, 0.25) is 0 Å². The molecule has 3 aromatic rings. The van der Waals surface area contributed by atoms with Crippen molar-refractivity contribution in [3.05, 3.63) is 87.2 Å². The number of nitrogens with zero attached hydrogens (tertiary/aromatic N) is 2. The normalized spacial score (nSPS) is 14.6. The maximum absolute atomic E-state index is 12.6. The van der Waals surface area contributed by atoms with E-state index in [1.807, 2.05) is 18.2 Å². The molecule has 1 heterocycles. The number of hydrogen-bond acceptors (Lipinski definition) is 7. The van der Waals surface area contributed by atoms with Crippen LogP contribution >= 0.6 is 0 Å². The number of nitro groups is 1. The molecule has 0 saturated heterocycles. The molecule has 0 aliphatic heterocycles. The van der Waals surface area contributed by atoms with Gasteiger partial charge in [-0.15, -0.1) is 0 Å². The predicted octanol–water partition coefficient (Wildman–Crippen LogP) is 3.13.